The molecule has 0 saturated carbocycles. The fourth-order valence-corrected chi connectivity index (χ4v) is 3.28. The summed E-state index contributed by atoms with van der Waals surface area (Å²) >= 11 is 0. The van der Waals surface area contributed by atoms with Gasteiger partial charge in [0.05, 0.1) is 0 Å². The van der Waals surface area contributed by atoms with Crippen LogP contribution < -0.4 is 0 Å². The number of carbonyl (C=O) groups is 3. The number of amides is 2. The third kappa shape index (κ3) is 2.15. The van der Waals surface area contributed by atoms with Crippen molar-refractivity contribution in [2.45, 2.75) is 31.8 Å². The third-order valence-electron chi connectivity index (χ3n) is 4.63. The number of nitrogens with zero attached hydrogens (tertiary/aromatic N) is 2. The van der Waals surface area contributed by atoms with Crippen LogP contribution in [-0.2, 0) is 16.1 Å². The van der Waals surface area contributed by atoms with Crippen LogP contribution in [0.1, 0.15) is 35.7 Å². The zero-order chi connectivity index (χ0) is 15.9. The van der Waals surface area contributed by atoms with Crippen LogP contribution in [0.5, 0.6) is 0 Å². The molecule has 0 radical (unpaired) electrons. The van der Waals surface area contributed by atoms with Crippen LogP contribution in [0.4, 0.5) is 0 Å². The van der Waals surface area contributed by atoms with E-state index in [1.165, 1.54) is 9.80 Å². The molecule has 1 aromatic rings. The lowest BCUT2D eigenvalue weighted by atomic mass is 9.99. The molecule has 1 atom stereocenters. The van der Waals surface area contributed by atoms with Gasteiger partial charge in [-0.15, -0.1) is 0 Å². The van der Waals surface area contributed by atoms with Crippen LogP contribution in [0.2, 0.25) is 0 Å². The molecule has 6 heteroatoms. The maximum absolute atomic E-state index is 12.5. The first-order valence-corrected chi connectivity index (χ1v) is 7.34. The highest BCUT2D eigenvalue weighted by Crippen LogP contribution is 2.30. The van der Waals surface area contributed by atoms with Crippen molar-refractivity contribution in [2.24, 2.45) is 0 Å². The Morgan fingerprint density at radius 3 is 2.73 bits per heavy atom. The molecular weight excluding hydrogens is 284 g/mol. The zero-order valence-electron chi connectivity index (χ0n) is 12.4. The molecule has 1 N–H and O–H groups in total. The second kappa shape index (κ2) is 5.12. The smallest absolute Gasteiger partial charge is 0.329 e. The second-order valence-corrected chi connectivity index (χ2v) is 6.05. The van der Waals surface area contributed by atoms with Crippen molar-refractivity contribution < 1.29 is 19.5 Å². The molecule has 0 aromatic heterocycles. The number of carboxylic acids is 1. The molecule has 1 aromatic carbocycles. The Morgan fingerprint density at radius 1 is 1.32 bits per heavy atom. The molecule has 0 bridgehead atoms. The number of benzene rings is 1. The van der Waals surface area contributed by atoms with E-state index in [1.807, 2.05) is 12.1 Å². The summed E-state index contributed by atoms with van der Waals surface area (Å²) in [6.45, 7) is 2.33. The van der Waals surface area contributed by atoms with Crippen molar-refractivity contribution in [3.8, 4) is 0 Å². The van der Waals surface area contributed by atoms with Gasteiger partial charge in [0, 0.05) is 18.7 Å². The molecule has 0 spiro atoms. The molecule has 1 saturated heterocycles. The highest BCUT2D eigenvalue weighted by molar-refractivity contribution is 6.00. The fraction of sp³-hybridized carbons (Fsp3) is 0.438. The third-order valence-corrected chi connectivity index (χ3v) is 4.63. The van der Waals surface area contributed by atoms with Gasteiger partial charge in [-0.2, -0.15) is 0 Å². The van der Waals surface area contributed by atoms with E-state index in [0.29, 0.717) is 31.5 Å². The summed E-state index contributed by atoms with van der Waals surface area (Å²) in [5.74, 6) is -1.46. The van der Waals surface area contributed by atoms with E-state index in [-0.39, 0.29) is 18.4 Å². The van der Waals surface area contributed by atoms with Crippen LogP contribution in [-0.4, -0.2) is 51.3 Å². The van der Waals surface area contributed by atoms with E-state index in [0.717, 1.165) is 5.56 Å². The summed E-state index contributed by atoms with van der Waals surface area (Å²) in [6.07, 6.45) is 1.12. The number of fused-ring (bicyclic) bond motifs is 1. The normalized spacial score (nSPS) is 23.8. The Hall–Kier alpha value is -2.37. The number of hydrogen-bond donors (Lipinski definition) is 1. The predicted octanol–water partition coefficient (Wildman–Crippen LogP) is 1.11. The number of rotatable bonds is 3. The van der Waals surface area contributed by atoms with Gasteiger partial charge >= 0.3 is 5.97 Å². The van der Waals surface area contributed by atoms with E-state index < -0.39 is 11.5 Å². The van der Waals surface area contributed by atoms with Crippen LogP contribution in [0, 0.1) is 0 Å². The van der Waals surface area contributed by atoms with Crippen molar-refractivity contribution in [3.63, 3.8) is 0 Å². The van der Waals surface area contributed by atoms with Crippen molar-refractivity contribution in [2.75, 3.05) is 13.1 Å². The van der Waals surface area contributed by atoms with Crippen molar-refractivity contribution in [1.29, 1.82) is 0 Å². The van der Waals surface area contributed by atoms with Gasteiger partial charge < -0.3 is 14.9 Å². The Morgan fingerprint density at radius 2 is 2.05 bits per heavy atom. The van der Waals surface area contributed by atoms with Gasteiger partial charge in [0.2, 0.25) is 5.91 Å². The summed E-state index contributed by atoms with van der Waals surface area (Å²) in [5.41, 5.74) is 0.368. The van der Waals surface area contributed by atoms with Gasteiger partial charge in [0.15, 0.2) is 0 Å². The van der Waals surface area contributed by atoms with Crippen LogP contribution >= 0.6 is 0 Å². The first-order valence-electron chi connectivity index (χ1n) is 7.34. The average Bonchev–Trinajstić information content (AvgIpc) is 3.02. The molecule has 2 heterocycles. The number of carboxylic acid groups (broad SMARTS) is 1. The van der Waals surface area contributed by atoms with E-state index in [9.17, 15) is 19.5 Å². The Bertz CT molecular complexity index is 657. The molecule has 1 unspecified atom stereocenters. The summed E-state index contributed by atoms with van der Waals surface area (Å²) < 4.78 is 0. The molecular formula is C16H18N2O4. The lowest BCUT2D eigenvalue weighted by molar-refractivity contribution is -0.155. The van der Waals surface area contributed by atoms with E-state index >= 15 is 0 Å². The largest absolute Gasteiger partial charge is 0.480 e. The Kier molecular flexibility index (Phi) is 3.39. The minimum atomic E-state index is -1.16. The standard InChI is InChI=1S/C16H18N2O4/c1-16(15(21)22)7-4-8-18(16)13(19)10-17-9-11-5-2-3-6-12(11)14(17)20/h2-3,5-6H,4,7-10H2,1H3,(H,21,22). The van der Waals surface area contributed by atoms with Crippen molar-refractivity contribution in [1.82, 2.24) is 9.80 Å². The van der Waals surface area contributed by atoms with Gasteiger partial charge in [-0.05, 0) is 31.4 Å². The van der Waals surface area contributed by atoms with Crippen LogP contribution in [0.3, 0.4) is 0 Å². The molecule has 2 aliphatic heterocycles. The molecule has 6 nitrogen and oxygen atoms in total. The topological polar surface area (TPSA) is 77.9 Å². The van der Waals surface area contributed by atoms with Crippen molar-refractivity contribution in [3.05, 3.63) is 35.4 Å². The lowest BCUT2D eigenvalue weighted by Crippen LogP contribution is -2.53. The molecule has 2 amide bonds. The highest BCUT2D eigenvalue weighted by atomic mass is 16.4. The Labute approximate surface area is 128 Å². The fourth-order valence-electron chi connectivity index (χ4n) is 3.28. The number of hydrogen-bond acceptors (Lipinski definition) is 3. The molecule has 22 heavy (non-hydrogen) atoms. The van der Waals surface area contributed by atoms with E-state index in [2.05, 4.69) is 0 Å². The molecule has 0 aliphatic carbocycles. The van der Waals surface area contributed by atoms with Gasteiger partial charge in [-0.25, -0.2) is 4.79 Å². The summed E-state index contributed by atoms with van der Waals surface area (Å²) in [7, 11) is 0. The summed E-state index contributed by atoms with van der Waals surface area (Å²) in [4.78, 5) is 39.1. The number of likely N-dealkylation sites (tertiary alicyclic amines) is 1. The zero-order valence-corrected chi connectivity index (χ0v) is 12.4. The van der Waals surface area contributed by atoms with E-state index in [1.54, 1.807) is 19.1 Å². The maximum Gasteiger partial charge on any atom is 0.329 e. The molecule has 3 rings (SSSR count). The molecule has 2 aliphatic rings. The van der Waals surface area contributed by atoms with Crippen LogP contribution in [0.15, 0.2) is 24.3 Å². The first kappa shape index (κ1) is 14.6. The highest BCUT2D eigenvalue weighted by Gasteiger charge is 2.46. The van der Waals surface area contributed by atoms with Crippen molar-refractivity contribution >= 4 is 17.8 Å². The van der Waals surface area contributed by atoms with Gasteiger partial charge in [-0.1, -0.05) is 18.2 Å². The average molecular weight is 302 g/mol. The first-order chi connectivity index (χ1) is 10.4. The SMILES string of the molecule is CC1(C(=O)O)CCCN1C(=O)CN1Cc2ccccc2C1=O. The van der Waals surface area contributed by atoms with E-state index in [4.69, 9.17) is 0 Å². The predicted molar refractivity (Wildman–Crippen MR) is 78.2 cm³/mol. The number of aliphatic carboxylic acids is 1. The number of carbonyl (C=O) groups excluding carboxylic acids is 2. The Balaban J connectivity index is 1.74. The summed E-state index contributed by atoms with van der Waals surface area (Å²) in [6, 6.07) is 7.28. The van der Waals surface area contributed by atoms with Crippen LogP contribution in [0.25, 0.3) is 0 Å². The molecule has 116 valence electrons. The van der Waals surface area contributed by atoms with Gasteiger partial charge in [0.1, 0.15) is 12.1 Å². The van der Waals surface area contributed by atoms with Gasteiger partial charge in [0.25, 0.3) is 5.91 Å². The quantitative estimate of drug-likeness (QED) is 0.907. The monoisotopic (exact) mass is 302 g/mol. The molecule has 1 fully saturated rings. The minimum Gasteiger partial charge on any atom is -0.480 e. The van der Waals surface area contributed by atoms with Gasteiger partial charge in [-0.3, -0.25) is 9.59 Å². The second-order valence-electron chi connectivity index (χ2n) is 6.05. The maximum atomic E-state index is 12.5. The summed E-state index contributed by atoms with van der Waals surface area (Å²) in [5, 5.41) is 9.37. The lowest BCUT2D eigenvalue weighted by Gasteiger charge is -2.32. The minimum absolute atomic E-state index is 0.0730.